The smallest absolute Gasteiger partial charge is 0.243 e. The van der Waals surface area contributed by atoms with Crippen LogP contribution in [0.4, 0.5) is 0 Å². The number of sulfonamides is 1. The fourth-order valence-electron chi connectivity index (χ4n) is 4.42. The first-order chi connectivity index (χ1) is 15.0. The summed E-state index contributed by atoms with van der Waals surface area (Å²) >= 11 is 0. The second kappa shape index (κ2) is 11.8. The Bertz CT molecular complexity index is 814. The molecule has 174 valence electrons. The lowest BCUT2D eigenvalue weighted by Gasteiger charge is -2.19. The van der Waals surface area contributed by atoms with E-state index in [1.165, 1.54) is 43.1 Å². The van der Waals surface area contributed by atoms with Crippen LogP contribution >= 0.6 is 0 Å². The molecule has 8 heteroatoms. The number of benzene rings is 1. The first kappa shape index (κ1) is 24.0. The molecule has 2 fully saturated rings. The molecular weight excluding hydrogens is 414 g/mol. The molecule has 0 spiro atoms. The summed E-state index contributed by atoms with van der Waals surface area (Å²) in [5.41, 5.74) is 0.752. The molecule has 1 aromatic rings. The Morgan fingerprint density at radius 1 is 1.03 bits per heavy atom. The second-order valence-corrected chi connectivity index (χ2v) is 10.5. The lowest BCUT2D eigenvalue weighted by molar-refractivity contribution is -0.121. The Hall–Kier alpha value is -1.64. The van der Waals surface area contributed by atoms with Gasteiger partial charge < -0.3 is 15.0 Å². The Morgan fingerprint density at radius 2 is 1.71 bits per heavy atom. The van der Waals surface area contributed by atoms with Gasteiger partial charge in [-0.05, 0) is 81.9 Å². The van der Waals surface area contributed by atoms with Crippen LogP contribution in [0.5, 0.6) is 5.75 Å². The lowest BCUT2D eigenvalue weighted by atomic mass is 10.1. The quantitative estimate of drug-likeness (QED) is 0.554. The van der Waals surface area contributed by atoms with Crippen LogP contribution in [-0.2, 0) is 21.2 Å². The van der Waals surface area contributed by atoms with Crippen molar-refractivity contribution in [2.45, 2.75) is 62.7 Å². The number of carbonyl (C=O) groups is 1. The third kappa shape index (κ3) is 6.92. The van der Waals surface area contributed by atoms with Gasteiger partial charge in [0.2, 0.25) is 15.9 Å². The summed E-state index contributed by atoms with van der Waals surface area (Å²) in [4.78, 5) is 15.1. The van der Waals surface area contributed by atoms with Crippen molar-refractivity contribution >= 4 is 15.9 Å². The van der Waals surface area contributed by atoms with Gasteiger partial charge in [-0.15, -0.1) is 0 Å². The van der Waals surface area contributed by atoms with Crippen LogP contribution in [0.25, 0.3) is 0 Å². The van der Waals surface area contributed by atoms with Crippen molar-refractivity contribution in [1.82, 2.24) is 14.5 Å². The predicted octanol–water partition coefficient (Wildman–Crippen LogP) is 2.79. The minimum absolute atomic E-state index is 0.00859. The number of nitrogens with one attached hydrogen (secondary N) is 1. The largest absolute Gasteiger partial charge is 0.496 e. The van der Waals surface area contributed by atoms with Crippen molar-refractivity contribution in [2.24, 2.45) is 0 Å². The molecule has 0 aromatic heterocycles. The maximum atomic E-state index is 12.9. The fourth-order valence-corrected chi connectivity index (χ4v) is 5.98. The van der Waals surface area contributed by atoms with Crippen molar-refractivity contribution < 1.29 is 17.9 Å². The standard InChI is InChI=1S/C23H37N3O4S/c1-30-22-11-10-21(31(28,29)26-17-6-7-18-26)19-20(22)9-12-23(27)24-13-8-16-25-14-4-2-3-5-15-25/h10-11,19H,2-9,12-18H2,1H3,(H,24,27). The number of hydrogen-bond acceptors (Lipinski definition) is 5. The molecule has 2 aliphatic heterocycles. The highest BCUT2D eigenvalue weighted by molar-refractivity contribution is 7.89. The molecule has 1 aromatic carbocycles. The normalized spacial score (nSPS) is 18.6. The summed E-state index contributed by atoms with van der Waals surface area (Å²) in [6, 6.07) is 4.95. The van der Waals surface area contributed by atoms with Crippen molar-refractivity contribution in [3.63, 3.8) is 0 Å². The minimum Gasteiger partial charge on any atom is -0.496 e. The minimum atomic E-state index is -3.48. The average molecular weight is 452 g/mol. The zero-order chi connectivity index (χ0) is 22.1. The van der Waals surface area contributed by atoms with Crippen LogP contribution in [0.2, 0.25) is 0 Å². The summed E-state index contributed by atoms with van der Waals surface area (Å²) in [7, 11) is -1.92. The van der Waals surface area contributed by atoms with Crippen molar-refractivity contribution in [1.29, 1.82) is 0 Å². The molecule has 1 N–H and O–H groups in total. The molecule has 1 amide bonds. The molecule has 2 saturated heterocycles. The summed E-state index contributed by atoms with van der Waals surface area (Å²) in [6.45, 7) is 5.20. The number of rotatable bonds is 10. The van der Waals surface area contributed by atoms with Crippen molar-refractivity contribution in [3.05, 3.63) is 23.8 Å². The molecule has 0 aliphatic carbocycles. The van der Waals surface area contributed by atoms with E-state index in [0.29, 0.717) is 38.2 Å². The molecule has 2 aliphatic rings. The molecule has 0 radical (unpaired) electrons. The number of methoxy groups -OCH3 is 1. The molecule has 0 bridgehead atoms. The number of ether oxygens (including phenoxy) is 1. The molecule has 2 heterocycles. The van der Waals surface area contributed by atoms with E-state index in [0.717, 1.165) is 31.4 Å². The van der Waals surface area contributed by atoms with Gasteiger partial charge in [0.15, 0.2) is 0 Å². The van der Waals surface area contributed by atoms with Crippen LogP contribution in [0.1, 0.15) is 56.9 Å². The molecule has 0 atom stereocenters. The van der Waals surface area contributed by atoms with Crippen molar-refractivity contribution in [3.8, 4) is 5.75 Å². The number of hydrogen-bond donors (Lipinski definition) is 1. The van der Waals surface area contributed by atoms with Crippen molar-refractivity contribution in [2.75, 3.05) is 46.4 Å². The number of likely N-dealkylation sites (tertiary alicyclic amines) is 1. The van der Waals surface area contributed by atoms with Crippen LogP contribution in [0, 0.1) is 0 Å². The fraction of sp³-hybridized carbons (Fsp3) is 0.696. The van der Waals surface area contributed by atoms with E-state index in [-0.39, 0.29) is 10.8 Å². The van der Waals surface area contributed by atoms with E-state index in [9.17, 15) is 13.2 Å². The van der Waals surface area contributed by atoms with E-state index in [2.05, 4.69) is 10.2 Å². The highest BCUT2D eigenvalue weighted by Gasteiger charge is 2.27. The average Bonchev–Trinajstić information content (AvgIpc) is 3.21. The summed E-state index contributed by atoms with van der Waals surface area (Å²) in [6.07, 6.45) is 8.74. The summed E-state index contributed by atoms with van der Waals surface area (Å²) in [5, 5.41) is 3.00. The van der Waals surface area contributed by atoms with E-state index >= 15 is 0 Å². The third-order valence-electron chi connectivity index (χ3n) is 6.25. The second-order valence-electron chi connectivity index (χ2n) is 8.54. The summed E-state index contributed by atoms with van der Waals surface area (Å²) in [5.74, 6) is 0.611. The van der Waals surface area contributed by atoms with Crippen LogP contribution in [-0.4, -0.2) is 69.9 Å². The van der Waals surface area contributed by atoms with Gasteiger partial charge in [-0.2, -0.15) is 4.31 Å². The van der Waals surface area contributed by atoms with Crippen LogP contribution < -0.4 is 10.1 Å². The Morgan fingerprint density at radius 3 is 2.39 bits per heavy atom. The van der Waals surface area contributed by atoms with Gasteiger partial charge in [-0.1, -0.05) is 12.8 Å². The van der Waals surface area contributed by atoms with E-state index in [4.69, 9.17) is 4.74 Å². The molecule has 0 saturated carbocycles. The topological polar surface area (TPSA) is 79.0 Å². The Balaban J connectivity index is 1.48. The summed E-state index contributed by atoms with van der Waals surface area (Å²) < 4.78 is 32.6. The van der Waals surface area contributed by atoms with E-state index in [1.807, 2.05) is 0 Å². The zero-order valence-corrected chi connectivity index (χ0v) is 19.6. The highest BCUT2D eigenvalue weighted by atomic mass is 32.2. The first-order valence-corrected chi connectivity index (χ1v) is 13.1. The van der Waals surface area contributed by atoms with Gasteiger partial charge in [0, 0.05) is 26.1 Å². The molecular formula is C23H37N3O4S. The van der Waals surface area contributed by atoms with Gasteiger partial charge in [0.25, 0.3) is 0 Å². The predicted molar refractivity (Wildman–Crippen MR) is 122 cm³/mol. The monoisotopic (exact) mass is 451 g/mol. The molecule has 0 unspecified atom stereocenters. The number of carbonyl (C=O) groups excluding carboxylic acids is 1. The van der Waals surface area contributed by atoms with Crippen LogP contribution in [0.15, 0.2) is 23.1 Å². The van der Waals surface area contributed by atoms with Gasteiger partial charge in [0.05, 0.1) is 12.0 Å². The highest BCUT2D eigenvalue weighted by Crippen LogP contribution is 2.27. The molecule has 7 nitrogen and oxygen atoms in total. The lowest BCUT2D eigenvalue weighted by Crippen LogP contribution is -2.30. The first-order valence-electron chi connectivity index (χ1n) is 11.7. The molecule has 31 heavy (non-hydrogen) atoms. The van der Waals surface area contributed by atoms with Crippen LogP contribution in [0.3, 0.4) is 0 Å². The SMILES string of the molecule is COc1ccc(S(=O)(=O)N2CCCC2)cc1CCC(=O)NCCCN1CCCCCC1. The van der Waals surface area contributed by atoms with E-state index in [1.54, 1.807) is 25.3 Å². The Kier molecular flexibility index (Phi) is 9.16. The maximum Gasteiger partial charge on any atom is 0.243 e. The van der Waals surface area contributed by atoms with E-state index < -0.39 is 10.0 Å². The third-order valence-corrected chi connectivity index (χ3v) is 8.14. The number of amides is 1. The maximum absolute atomic E-state index is 12.9. The Labute approximate surface area is 187 Å². The van der Waals surface area contributed by atoms with Gasteiger partial charge in [-0.25, -0.2) is 8.42 Å². The van der Waals surface area contributed by atoms with Gasteiger partial charge in [-0.3, -0.25) is 4.79 Å². The van der Waals surface area contributed by atoms with Gasteiger partial charge in [0.1, 0.15) is 5.75 Å². The van der Waals surface area contributed by atoms with Gasteiger partial charge >= 0.3 is 0 Å². The molecule has 3 rings (SSSR count). The number of aryl methyl sites for hydroxylation is 1. The number of nitrogens with zero attached hydrogens (tertiary/aromatic N) is 2. The zero-order valence-electron chi connectivity index (χ0n) is 18.8.